The Morgan fingerprint density at radius 3 is 3.00 bits per heavy atom. The van der Waals surface area contributed by atoms with E-state index in [9.17, 15) is 9.90 Å². The average Bonchev–Trinajstić information content (AvgIpc) is 2.43. The molecule has 0 aliphatic rings. The summed E-state index contributed by atoms with van der Waals surface area (Å²) in [5.41, 5.74) is -0.00861. The van der Waals surface area contributed by atoms with Crippen molar-refractivity contribution in [1.82, 2.24) is 9.38 Å². The third-order valence-electron chi connectivity index (χ3n) is 1.38. The molecule has 0 saturated carbocycles. The summed E-state index contributed by atoms with van der Waals surface area (Å²) in [6, 6.07) is 0. The minimum atomic E-state index is -1.24. The van der Waals surface area contributed by atoms with E-state index in [0.29, 0.717) is 4.83 Å². The number of carbonyl (C=O) groups excluding carboxylic acids is 1. The summed E-state index contributed by atoms with van der Waals surface area (Å²) >= 11 is 4.55. The number of imidazole rings is 1. The summed E-state index contributed by atoms with van der Waals surface area (Å²) in [5.74, 6) is -1.24. The first-order valence-corrected chi connectivity index (χ1v) is 4.63. The summed E-state index contributed by atoms with van der Waals surface area (Å²) in [6.45, 7) is 0. The molecule has 0 saturated heterocycles. The van der Waals surface area contributed by atoms with Crippen LogP contribution >= 0.6 is 27.3 Å². The van der Waals surface area contributed by atoms with Crippen LogP contribution in [0.4, 0.5) is 0 Å². The van der Waals surface area contributed by atoms with Crippen LogP contribution in [0.5, 0.6) is 0 Å². The second-order valence-corrected chi connectivity index (χ2v) is 4.54. The van der Waals surface area contributed by atoms with Crippen LogP contribution in [0.15, 0.2) is 16.3 Å². The van der Waals surface area contributed by atoms with Crippen LogP contribution in [0.3, 0.4) is 0 Å². The van der Waals surface area contributed by atoms with Gasteiger partial charge in [-0.25, -0.2) is 4.98 Å². The molecule has 7 heteroatoms. The SMILES string of the molecule is O=C([O-])c1ncn2cc(Br)sc12.[Rb+]. The zero-order chi connectivity index (χ0) is 8.72. The Balaban J connectivity index is 0.000000845. The summed E-state index contributed by atoms with van der Waals surface area (Å²) < 4.78 is 2.50. The molecule has 2 heterocycles. The van der Waals surface area contributed by atoms with Crippen LogP contribution in [-0.2, 0) is 0 Å². The standard InChI is InChI=1S/C6H3BrN2O2S.Rb/c7-3-1-9-2-8-4(6(10)11)5(9)12-3;/h1-2H,(H,10,11);/q;+1/p-1. The molecule has 0 aliphatic carbocycles. The third-order valence-corrected chi connectivity index (χ3v) is 2.96. The number of hydrogen-bond donors (Lipinski definition) is 0. The Morgan fingerprint density at radius 2 is 2.38 bits per heavy atom. The number of aromatic nitrogens is 2. The average molecular weight is 332 g/mol. The van der Waals surface area contributed by atoms with Gasteiger partial charge in [0.2, 0.25) is 0 Å². The van der Waals surface area contributed by atoms with Crippen LogP contribution in [0, 0.1) is 0 Å². The fourth-order valence-corrected chi connectivity index (χ4v) is 2.38. The maximum Gasteiger partial charge on any atom is 1.00 e. The quantitative estimate of drug-likeness (QED) is 0.582. The van der Waals surface area contributed by atoms with Gasteiger partial charge in [-0.1, -0.05) is 0 Å². The van der Waals surface area contributed by atoms with Gasteiger partial charge >= 0.3 is 58.2 Å². The first-order chi connectivity index (χ1) is 5.68. The Bertz CT molecular complexity index is 452. The molecule has 0 fully saturated rings. The van der Waals surface area contributed by atoms with Gasteiger partial charge < -0.3 is 9.90 Å². The van der Waals surface area contributed by atoms with E-state index in [4.69, 9.17) is 0 Å². The van der Waals surface area contributed by atoms with Crippen molar-refractivity contribution >= 4 is 38.1 Å². The van der Waals surface area contributed by atoms with Crippen molar-refractivity contribution in [3.8, 4) is 0 Å². The zero-order valence-corrected chi connectivity index (χ0v) is 14.0. The van der Waals surface area contributed by atoms with Crippen molar-refractivity contribution in [3.63, 3.8) is 0 Å². The summed E-state index contributed by atoms with van der Waals surface area (Å²) in [5, 5.41) is 10.5. The molecule has 4 nitrogen and oxygen atoms in total. The van der Waals surface area contributed by atoms with E-state index in [0.717, 1.165) is 3.79 Å². The molecule has 0 aliphatic heterocycles. The maximum atomic E-state index is 10.5. The minimum absolute atomic E-state index is 0. The van der Waals surface area contributed by atoms with Gasteiger partial charge in [-0.3, -0.25) is 4.40 Å². The number of carboxylic acid groups (broad SMARTS) is 1. The number of thiazole rings is 1. The van der Waals surface area contributed by atoms with E-state index in [1.54, 1.807) is 10.6 Å². The molecule has 0 atom stereocenters. The molecule has 0 unspecified atom stereocenters. The predicted octanol–water partition coefficient (Wildman–Crippen LogP) is -2.47. The van der Waals surface area contributed by atoms with Crippen molar-refractivity contribution < 1.29 is 68.1 Å². The van der Waals surface area contributed by atoms with Gasteiger partial charge in [0.05, 0.1) is 9.76 Å². The molecule has 2 aromatic rings. The van der Waals surface area contributed by atoms with Gasteiger partial charge in [-0.05, 0) is 15.9 Å². The largest absolute Gasteiger partial charge is 1.00 e. The van der Waals surface area contributed by atoms with Gasteiger partial charge in [-0.2, -0.15) is 0 Å². The number of carbonyl (C=O) groups is 1. The van der Waals surface area contributed by atoms with Crippen molar-refractivity contribution in [3.05, 3.63) is 22.0 Å². The van der Waals surface area contributed by atoms with Crippen molar-refractivity contribution in [2.75, 3.05) is 0 Å². The van der Waals surface area contributed by atoms with Crippen LogP contribution in [0.25, 0.3) is 4.83 Å². The molecule has 0 amide bonds. The summed E-state index contributed by atoms with van der Waals surface area (Å²) in [7, 11) is 0. The molecule has 0 radical (unpaired) electrons. The zero-order valence-electron chi connectivity index (χ0n) is 6.65. The van der Waals surface area contributed by atoms with Gasteiger partial charge in [0, 0.05) is 6.20 Å². The normalized spacial score (nSPS) is 9.92. The first kappa shape index (κ1) is 12.0. The van der Waals surface area contributed by atoms with Crippen LogP contribution in [-0.4, -0.2) is 15.4 Å². The van der Waals surface area contributed by atoms with E-state index in [-0.39, 0.29) is 63.9 Å². The second kappa shape index (κ2) is 4.63. The predicted molar refractivity (Wildman–Crippen MR) is 45.1 cm³/mol. The van der Waals surface area contributed by atoms with E-state index in [2.05, 4.69) is 20.9 Å². The second-order valence-electron chi connectivity index (χ2n) is 2.13. The molecule has 2 aromatic heterocycles. The van der Waals surface area contributed by atoms with E-state index in [1.807, 2.05) is 0 Å². The van der Waals surface area contributed by atoms with E-state index < -0.39 is 5.97 Å². The fraction of sp³-hybridized carbons (Fsp3) is 0. The molecular weight excluding hydrogens is 330 g/mol. The molecule has 62 valence electrons. The van der Waals surface area contributed by atoms with Gasteiger partial charge in [0.25, 0.3) is 0 Å². The number of fused-ring (bicyclic) bond motifs is 1. The molecule has 13 heavy (non-hydrogen) atoms. The summed E-state index contributed by atoms with van der Waals surface area (Å²) in [6.07, 6.45) is 3.20. The monoisotopic (exact) mass is 330 g/mol. The van der Waals surface area contributed by atoms with Gasteiger partial charge in [0.1, 0.15) is 16.9 Å². The number of nitrogens with zero attached hydrogens (tertiary/aromatic N) is 2. The fourth-order valence-electron chi connectivity index (χ4n) is 0.911. The molecule has 0 spiro atoms. The van der Waals surface area contributed by atoms with E-state index >= 15 is 0 Å². The maximum absolute atomic E-state index is 10.5. The number of halogens is 1. The number of hydrogen-bond acceptors (Lipinski definition) is 4. The summed E-state index contributed by atoms with van der Waals surface area (Å²) in [4.78, 5) is 14.8. The van der Waals surface area contributed by atoms with Crippen molar-refractivity contribution in [2.24, 2.45) is 0 Å². The number of carboxylic acids is 1. The number of aromatic carboxylic acids is 1. The Labute approximate surface area is 135 Å². The molecule has 0 bridgehead atoms. The van der Waals surface area contributed by atoms with E-state index in [1.165, 1.54) is 17.7 Å². The molecular formula is C6H2BrN2O2RbS. The third kappa shape index (κ3) is 2.30. The molecule has 0 aromatic carbocycles. The van der Waals surface area contributed by atoms with Gasteiger partial charge in [-0.15, -0.1) is 11.3 Å². The van der Waals surface area contributed by atoms with Crippen LogP contribution in [0.1, 0.15) is 10.5 Å². The minimum Gasteiger partial charge on any atom is -0.543 e. The van der Waals surface area contributed by atoms with Crippen molar-refractivity contribution in [2.45, 2.75) is 0 Å². The van der Waals surface area contributed by atoms with Crippen molar-refractivity contribution in [1.29, 1.82) is 0 Å². The number of rotatable bonds is 1. The smallest absolute Gasteiger partial charge is 0.543 e. The van der Waals surface area contributed by atoms with Crippen LogP contribution in [0.2, 0.25) is 0 Å². The van der Waals surface area contributed by atoms with Crippen LogP contribution < -0.4 is 63.3 Å². The Morgan fingerprint density at radius 1 is 1.69 bits per heavy atom. The molecule has 0 N–H and O–H groups in total. The first-order valence-electron chi connectivity index (χ1n) is 3.02. The Kier molecular flexibility index (Phi) is 4.27. The Hall–Kier alpha value is 0.925. The van der Waals surface area contributed by atoms with Gasteiger partial charge in [0.15, 0.2) is 0 Å². The molecule has 2 rings (SSSR count). The topological polar surface area (TPSA) is 57.4 Å².